The van der Waals surface area contributed by atoms with Crippen molar-refractivity contribution >= 4 is 35.2 Å². The minimum atomic E-state index is -4.24. The van der Waals surface area contributed by atoms with E-state index < -0.39 is 24.1 Å². The second-order valence-electron chi connectivity index (χ2n) is 8.46. The lowest BCUT2D eigenvalue weighted by Crippen LogP contribution is -2.42. The summed E-state index contributed by atoms with van der Waals surface area (Å²) in [6.45, 7) is 1.24. The monoisotopic (exact) mass is 518 g/mol. The molecule has 0 saturated carbocycles. The number of amides is 2. The van der Waals surface area contributed by atoms with Gasteiger partial charge in [-0.15, -0.1) is 0 Å². The maximum absolute atomic E-state index is 12.9. The van der Waals surface area contributed by atoms with E-state index in [-0.39, 0.29) is 44.8 Å². The largest absolute Gasteiger partial charge is 0.445 e. The van der Waals surface area contributed by atoms with Crippen LogP contribution in [0, 0.1) is 5.92 Å². The normalized spacial score (nSPS) is 17.3. The molecule has 0 bridgehead atoms. The molecular weight excluding hydrogens is 496 g/mol. The Morgan fingerprint density at radius 3 is 2.32 bits per heavy atom. The van der Waals surface area contributed by atoms with Gasteiger partial charge >= 0.3 is 12.3 Å². The SMILES string of the molecule is O=C(OCc1cc(Cl)cc(Cl)c1)N1CCCn2nc(C(=O)N3CCC(C(F)(F)F)CC3)cc2C1. The van der Waals surface area contributed by atoms with Crippen molar-refractivity contribution in [3.63, 3.8) is 0 Å². The van der Waals surface area contributed by atoms with Crippen LogP contribution in [0.2, 0.25) is 10.0 Å². The third kappa shape index (κ3) is 5.78. The van der Waals surface area contributed by atoms with Crippen molar-refractivity contribution < 1.29 is 27.5 Å². The number of carbonyl (C=O) groups excluding carboxylic acids is 2. The number of piperidine rings is 1. The lowest BCUT2D eigenvalue weighted by atomic mass is 9.96. The van der Waals surface area contributed by atoms with Gasteiger partial charge in [0.25, 0.3) is 5.91 Å². The molecule has 0 atom stereocenters. The fraction of sp³-hybridized carbons (Fsp3) is 0.500. The number of halogens is 5. The van der Waals surface area contributed by atoms with Crippen LogP contribution in [0.1, 0.15) is 41.0 Å². The quantitative estimate of drug-likeness (QED) is 0.563. The number of alkyl halides is 3. The number of ether oxygens (including phenoxy) is 1. The molecular formula is C22H23Cl2F3N4O3. The molecule has 2 aliphatic heterocycles. The molecule has 12 heteroatoms. The fourth-order valence-electron chi connectivity index (χ4n) is 4.23. The minimum absolute atomic E-state index is 0.00644. The summed E-state index contributed by atoms with van der Waals surface area (Å²) in [5, 5.41) is 5.24. The summed E-state index contributed by atoms with van der Waals surface area (Å²) in [6.07, 6.45) is -4.37. The summed E-state index contributed by atoms with van der Waals surface area (Å²) in [4.78, 5) is 28.4. The predicted octanol–water partition coefficient (Wildman–Crippen LogP) is 5.15. The Hall–Kier alpha value is -2.46. The Labute approximate surface area is 204 Å². The van der Waals surface area contributed by atoms with Crippen molar-refractivity contribution in [2.75, 3.05) is 19.6 Å². The van der Waals surface area contributed by atoms with E-state index in [0.29, 0.717) is 40.8 Å². The van der Waals surface area contributed by atoms with Crippen LogP contribution < -0.4 is 0 Å². The number of fused-ring (bicyclic) bond motifs is 1. The number of aryl methyl sites for hydroxylation is 1. The molecule has 2 amide bonds. The molecule has 2 aliphatic rings. The number of rotatable bonds is 3. The molecule has 1 aromatic carbocycles. The van der Waals surface area contributed by atoms with Crippen molar-refractivity contribution in [2.45, 2.75) is 45.1 Å². The van der Waals surface area contributed by atoms with Crippen LogP contribution in [0.3, 0.4) is 0 Å². The van der Waals surface area contributed by atoms with E-state index >= 15 is 0 Å². The first-order valence-electron chi connectivity index (χ1n) is 10.9. The highest BCUT2D eigenvalue weighted by atomic mass is 35.5. The number of aromatic nitrogens is 2. The molecule has 1 fully saturated rings. The summed E-state index contributed by atoms with van der Waals surface area (Å²) in [7, 11) is 0. The van der Waals surface area contributed by atoms with E-state index in [4.69, 9.17) is 27.9 Å². The first-order valence-corrected chi connectivity index (χ1v) is 11.6. The van der Waals surface area contributed by atoms with Crippen molar-refractivity contribution in [3.8, 4) is 0 Å². The van der Waals surface area contributed by atoms with Crippen LogP contribution in [0.4, 0.5) is 18.0 Å². The maximum atomic E-state index is 12.9. The summed E-state index contributed by atoms with van der Waals surface area (Å²) >= 11 is 12.0. The van der Waals surface area contributed by atoms with Gasteiger partial charge in [-0.05, 0) is 49.1 Å². The summed E-state index contributed by atoms with van der Waals surface area (Å²) < 4.78 is 45.8. The predicted molar refractivity (Wildman–Crippen MR) is 119 cm³/mol. The highest BCUT2D eigenvalue weighted by molar-refractivity contribution is 6.34. The average Bonchev–Trinajstić information content (AvgIpc) is 3.07. The van der Waals surface area contributed by atoms with Crippen LogP contribution in [0.15, 0.2) is 24.3 Å². The lowest BCUT2D eigenvalue weighted by Gasteiger charge is -2.32. The molecule has 0 spiro atoms. The van der Waals surface area contributed by atoms with Crippen molar-refractivity contribution in [3.05, 3.63) is 51.3 Å². The van der Waals surface area contributed by atoms with Crippen LogP contribution >= 0.6 is 23.2 Å². The van der Waals surface area contributed by atoms with Crippen molar-refractivity contribution in [2.24, 2.45) is 5.92 Å². The Kier molecular flexibility index (Phi) is 7.28. The molecule has 1 aromatic heterocycles. The Balaban J connectivity index is 1.37. The van der Waals surface area contributed by atoms with Gasteiger partial charge in [-0.2, -0.15) is 18.3 Å². The maximum Gasteiger partial charge on any atom is 0.410 e. The average molecular weight is 519 g/mol. The molecule has 3 heterocycles. The molecule has 34 heavy (non-hydrogen) atoms. The van der Waals surface area contributed by atoms with Gasteiger partial charge in [-0.3, -0.25) is 9.48 Å². The van der Waals surface area contributed by atoms with E-state index in [1.54, 1.807) is 28.9 Å². The fourth-order valence-corrected chi connectivity index (χ4v) is 4.80. The number of hydrogen-bond acceptors (Lipinski definition) is 4. The first kappa shape index (κ1) is 24.7. The number of nitrogens with zero attached hydrogens (tertiary/aromatic N) is 4. The Morgan fingerprint density at radius 1 is 1.00 bits per heavy atom. The van der Waals surface area contributed by atoms with Crippen molar-refractivity contribution in [1.29, 1.82) is 0 Å². The van der Waals surface area contributed by atoms with E-state index in [9.17, 15) is 22.8 Å². The Morgan fingerprint density at radius 2 is 1.68 bits per heavy atom. The second kappa shape index (κ2) is 10.0. The number of hydrogen-bond donors (Lipinski definition) is 0. The third-order valence-corrected chi connectivity index (χ3v) is 6.46. The van der Waals surface area contributed by atoms with E-state index in [1.807, 2.05) is 0 Å². The molecule has 0 N–H and O–H groups in total. The Bertz CT molecular complexity index is 1050. The molecule has 0 unspecified atom stereocenters. The topological polar surface area (TPSA) is 67.7 Å². The minimum Gasteiger partial charge on any atom is -0.445 e. The van der Waals surface area contributed by atoms with Gasteiger partial charge in [-0.25, -0.2) is 4.79 Å². The number of benzene rings is 1. The molecule has 0 aliphatic carbocycles. The van der Waals surface area contributed by atoms with E-state index in [1.165, 1.54) is 9.80 Å². The van der Waals surface area contributed by atoms with E-state index in [2.05, 4.69) is 5.10 Å². The number of likely N-dealkylation sites (tertiary alicyclic amines) is 1. The summed E-state index contributed by atoms with van der Waals surface area (Å²) in [5.41, 5.74) is 1.49. The van der Waals surface area contributed by atoms with Gasteiger partial charge in [0.2, 0.25) is 0 Å². The van der Waals surface area contributed by atoms with Crippen LogP contribution in [0.5, 0.6) is 0 Å². The van der Waals surface area contributed by atoms with Gasteiger partial charge in [0, 0.05) is 36.2 Å². The zero-order chi connectivity index (χ0) is 24.5. The zero-order valence-electron chi connectivity index (χ0n) is 18.2. The summed E-state index contributed by atoms with van der Waals surface area (Å²) in [5.74, 6) is -1.77. The lowest BCUT2D eigenvalue weighted by molar-refractivity contribution is -0.183. The highest BCUT2D eigenvalue weighted by Crippen LogP contribution is 2.34. The molecule has 0 radical (unpaired) electrons. The summed E-state index contributed by atoms with van der Waals surface area (Å²) in [6, 6.07) is 6.50. The molecule has 1 saturated heterocycles. The standard InChI is InChI=1S/C22H23Cl2F3N4O3/c23-16-8-14(9-17(24)10-16)13-34-21(33)30-4-1-5-31-18(12-30)11-19(28-31)20(32)29-6-2-15(3-7-29)22(25,26)27/h8-11,15H,1-7,12-13H2. The first-order chi connectivity index (χ1) is 16.1. The van der Waals surface area contributed by atoms with Gasteiger partial charge in [0.05, 0.1) is 18.2 Å². The smallest absolute Gasteiger partial charge is 0.410 e. The molecule has 4 rings (SSSR count). The van der Waals surface area contributed by atoms with Gasteiger partial charge in [-0.1, -0.05) is 23.2 Å². The van der Waals surface area contributed by atoms with Crippen molar-refractivity contribution in [1.82, 2.24) is 19.6 Å². The second-order valence-corrected chi connectivity index (χ2v) is 9.33. The molecule has 2 aromatic rings. The van der Waals surface area contributed by atoms with Gasteiger partial charge in [0.1, 0.15) is 6.61 Å². The molecule has 184 valence electrons. The number of carbonyl (C=O) groups is 2. The van der Waals surface area contributed by atoms with Crippen LogP contribution in [0.25, 0.3) is 0 Å². The molecule has 7 nitrogen and oxygen atoms in total. The van der Waals surface area contributed by atoms with Crippen LogP contribution in [-0.4, -0.2) is 57.4 Å². The highest BCUT2D eigenvalue weighted by Gasteiger charge is 2.42. The van der Waals surface area contributed by atoms with Crippen LogP contribution in [-0.2, 0) is 24.4 Å². The van der Waals surface area contributed by atoms with Gasteiger partial charge in [0.15, 0.2) is 5.69 Å². The van der Waals surface area contributed by atoms with Gasteiger partial charge < -0.3 is 14.5 Å². The third-order valence-electron chi connectivity index (χ3n) is 6.02. The zero-order valence-corrected chi connectivity index (χ0v) is 19.7. The van der Waals surface area contributed by atoms with E-state index in [0.717, 1.165) is 0 Å².